The molecule has 1 aromatic rings. The van der Waals surface area contributed by atoms with Crippen LogP contribution in [0.1, 0.15) is 49.8 Å². The minimum atomic E-state index is -0.0527. The van der Waals surface area contributed by atoms with Crippen molar-refractivity contribution in [3.63, 3.8) is 0 Å². The fourth-order valence-electron chi connectivity index (χ4n) is 2.99. The molecule has 1 aliphatic heterocycles. The van der Waals surface area contributed by atoms with E-state index in [0.717, 1.165) is 24.5 Å². The van der Waals surface area contributed by atoms with Crippen LogP contribution >= 0.6 is 0 Å². The maximum absolute atomic E-state index is 6.31. The number of hydrogen-bond donors (Lipinski definition) is 1. The SMILES string of the molecule is Cc1ccc2c(c1)[C@@H](N)CC(C)(CC1CC1)O2. The van der Waals surface area contributed by atoms with Crippen LogP contribution in [0.25, 0.3) is 0 Å². The van der Waals surface area contributed by atoms with Gasteiger partial charge < -0.3 is 10.5 Å². The first-order valence-electron chi connectivity index (χ1n) is 6.61. The molecule has 2 N–H and O–H groups in total. The van der Waals surface area contributed by atoms with E-state index in [4.69, 9.17) is 10.5 Å². The van der Waals surface area contributed by atoms with Gasteiger partial charge in [-0.3, -0.25) is 0 Å². The van der Waals surface area contributed by atoms with E-state index in [1.165, 1.54) is 24.0 Å². The van der Waals surface area contributed by atoms with Crippen LogP contribution in [0.2, 0.25) is 0 Å². The molecule has 1 aromatic carbocycles. The molecule has 1 heterocycles. The van der Waals surface area contributed by atoms with Gasteiger partial charge in [0, 0.05) is 18.0 Å². The van der Waals surface area contributed by atoms with E-state index in [9.17, 15) is 0 Å². The van der Waals surface area contributed by atoms with Crippen molar-refractivity contribution in [2.45, 2.75) is 51.2 Å². The summed E-state index contributed by atoms with van der Waals surface area (Å²) in [5, 5.41) is 0. The Balaban J connectivity index is 1.88. The van der Waals surface area contributed by atoms with Gasteiger partial charge in [-0.05, 0) is 32.3 Å². The quantitative estimate of drug-likeness (QED) is 0.847. The summed E-state index contributed by atoms with van der Waals surface area (Å²) in [4.78, 5) is 0. The largest absolute Gasteiger partial charge is 0.487 e. The van der Waals surface area contributed by atoms with Gasteiger partial charge in [-0.25, -0.2) is 0 Å². The Morgan fingerprint density at radius 3 is 2.88 bits per heavy atom. The molecule has 3 rings (SSSR count). The highest BCUT2D eigenvalue weighted by Gasteiger charge is 2.40. The Labute approximate surface area is 103 Å². The number of nitrogens with two attached hydrogens (primary N) is 1. The highest BCUT2D eigenvalue weighted by atomic mass is 16.5. The van der Waals surface area contributed by atoms with Crippen LogP contribution in [0.15, 0.2) is 18.2 Å². The van der Waals surface area contributed by atoms with Crippen LogP contribution in [0, 0.1) is 12.8 Å². The molecule has 1 fully saturated rings. The molecule has 1 unspecified atom stereocenters. The molecule has 17 heavy (non-hydrogen) atoms. The fourth-order valence-corrected chi connectivity index (χ4v) is 2.99. The topological polar surface area (TPSA) is 35.2 Å². The van der Waals surface area contributed by atoms with Gasteiger partial charge in [-0.2, -0.15) is 0 Å². The first-order valence-corrected chi connectivity index (χ1v) is 6.61. The Hall–Kier alpha value is -1.02. The van der Waals surface area contributed by atoms with Crippen LogP contribution in [-0.2, 0) is 0 Å². The predicted molar refractivity (Wildman–Crippen MR) is 69.1 cm³/mol. The van der Waals surface area contributed by atoms with Gasteiger partial charge >= 0.3 is 0 Å². The lowest BCUT2D eigenvalue weighted by atomic mass is 9.85. The third-order valence-corrected chi connectivity index (χ3v) is 3.99. The van der Waals surface area contributed by atoms with Gasteiger partial charge in [-0.1, -0.05) is 30.5 Å². The summed E-state index contributed by atoms with van der Waals surface area (Å²) in [6.45, 7) is 4.32. The molecule has 1 saturated carbocycles. The van der Waals surface area contributed by atoms with Gasteiger partial charge in [0.15, 0.2) is 0 Å². The lowest BCUT2D eigenvalue weighted by Crippen LogP contribution is -2.40. The summed E-state index contributed by atoms with van der Waals surface area (Å²) in [6.07, 6.45) is 4.85. The van der Waals surface area contributed by atoms with Gasteiger partial charge in [0.25, 0.3) is 0 Å². The first-order chi connectivity index (χ1) is 8.06. The number of fused-ring (bicyclic) bond motifs is 1. The predicted octanol–water partition coefficient (Wildman–Crippen LogP) is 3.34. The van der Waals surface area contributed by atoms with Crippen molar-refractivity contribution in [1.29, 1.82) is 0 Å². The van der Waals surface area contributed by atoms with Crippen molar-refractivity contribution in [2.75, 3.05) is 0 Å². The third-order valence-electron chi connectivity index (χ3n) is 3.99. The average Bonchev–Trinajstić information content (AvgIpc) is 3.03. The summed E-state index contributed by atoms with van der Waals surface area (Å²) < 4.78 is 6.22. The number of benzene rings is 1. The van der Waals surface area contributed by atoms with E-state index in [1.807, 2.05) is 0 Å². The summed E-state index contributed by atoms with van der Waals surface area (Å²) in [7, 11) is 0. The van der Waals surface area contributed by atoms with Crippen LogP contribution < -0.4 is 10.5 Å². The molecule has 0 spiro atoms. The number of aryl methyl sites for hydroxylation is 1. The minimum Gasteiger partial charge on any atom is -0.487 e. The number of ether oxygens (including phenoxy) is 1. The lowest BCUT2D eigenvalue weighted by molar-refractivity contribution is 0.0402. The van der Waals surface area contributed by atoms with Crippen LogP contribution in [0.5, 0.6) is 5.75 Å². The van der Waals surface area contributed by atoms with Crippen molar-refractivity contribution in [3.05, 3.63) is 29.3 Å². The molecule has 0 amide bonds. The number of rotatable bonds is 2. The standard InChI is InChI=1S/C15H21NO/c1-10-3-6-14-12(7-10)13(16)9-15(2,17-14)8-11-4-5-11/h3,6-7,11,13H,4-5,8-9,16H2,1-2H3/t13-,15?/m0/s1. The number of hydrogen-bond acceptors (Lipinski definition) is 2. The molecule has 0 bridgehead atoms. The zero-order valence-corrected chi connectivity index (χ0v) is 10.7. The second kappa shape index (κ2) is 3.74. The maximum atomic E-state index is 6.31. The summed E-state index contributed by atoms with van der Waals surface area (Å²) >= 11 is 0. The van der Waals surface area contributed by atoms with Crippen LogP contribution in [0.4, 0.5) is 0 Å². The highest BCUT2D eigenvalue weighted by Crippen LogP contribution is 2.45. The summed E-state index contributed by atoms with van der Waals surface area (Å²) in [5.74, 6) is 1.87. The Morgan fingerprint density at radius 1 is 1.41 bits per heavy atom. The summed E-state index contributed by atoms with van der Waals surface area (Å²) in [5.41, 5.74) is 8.69. The molecule has 2 atom stereocenters. The monoisotopic (exact) mass is 231 g/mol. The van der Waals surface area contributed by atoms with Gasteiger partial charge in [0.1, 0.15) is 11.4 Å². The van der Waals surface area contributed by atoms with Crippen LogP contribution in [-0.4, -0.2) is 5.60 Å². The molecule has 0 saturated heterocycles. The Bertz CT molecular complexity index is 439. The third kappa shape index (κ3) is 2.19. The zero-order chi connectivity index (χ0) is 12.0. The second-order valence-electron chi connectivity index (χ2n) is 6.05. The summed E-state index contributed by atoms with van der Waals surface area (Å²) in [6, 6.07) is 6.47. The zero-order valence-electron chi connectivity index (χ0n) is 10.7. The molecule has 2 heteroatoms. The van der Waals surface area contributed by atoms with Crippen molar-refractivity contribution in [3.8, 4) is 5.75 Å². The first kappa shape index (κ1) is 11.1. The molecule has 2 nitrogen and oxygen atoms in total. The van der Waals surface area contributed by atoms with E-state index < -0.39 is 0 Å². The van der Waals surface area contributed by atoms with Crippen LogP contribution in [0.3, 0.4) is 0 Å². The molecule has 2 aliphatic rings. The van der Waals surface area contributed by atoms with E-state index in [0.29, 0.717) is 0 Å². The van der Waals surface area contributed by atoms with Crippen molar-refractivity contribution in [2.24, 2.45) is 11.7 Å². The van der Waals surface area contributed by atoms with Crippen molar-refractivity contribution >= 4 is 0 Å². The van der Waals surface area contributed by atoms with E-state index in [-0.39, 0.29) is 11.6 Å². The molecule has 0 radical (unpaired) electrons. The lowest BCUT2D eigenvalue weighted by Gasteiger charge is -2.39. The Morgan fingerprint density at radius 2 is 2.18 bits per heavy atom. The van der Waals surface area contributed by atoms with E-state index in [2.05, 4.69) is 32.0 Å². The van der Waals surface area contributed by atoms with E-state index in [1.54, 1.807) is 0 Å². The molecule has 0 aromatic heterocycles. The fraction of sp³-hybridized carbons (Fsp3) is 0.600. The molecular formula is C15H21NO. The minimum absolute atomic E-state index is 0.0527. The second-order valence-corrected chi connectivity index (χ2v) is 6.05. The average molecular weight is 231 g/mol. The van der Waals surface area contributed by atoms with Gasteiger partial charge in [0.05, 0.1) is 0 Å². The van der Waals surface area contributed by atoms with Gasteiger partial charge in [0.2, 0.25) is 0 Å². The van der Waals surface area contributed by atoms with Crippen molar-refractivity contribution in [1.82, 2.24) is 0 Å². The molecule has 1 aliphatic carbocycles. The van der Waals surface area contributed by atoms with Gasteiger partial charge in [-0.15, -0.1) is 0 Å². The molecule has 92 valence electrons. The molecular weight excluding hydrogens is 210 g/mol. The normalized spacial score (nSPS) is 31.8. The van der Waals surface area contributed by atoms with Crippen molar-refractivity contribution < 1.29 is 4.74 Å². The van der Waals surface area contributed by atoms with E-state index >= 15 is 0 Å². The smallest absolute Gasteiger partial charge is 0.124 e. The maximum Gasteiger partial charge on any atom is 0.124 e. The highest BCUT2D eigenvalue weighted by molar-refractivity contribution is 5.41. The Kier molecular flexibility index (Phi) is 2.44.